The van der Waals surface area contributed by atoms with Crippen molar-refractivity contribution in [2.24, 2.45) is 5.92 Å². The maximum absolute atomic E-state index is 12.6. The van der Waals surface area contributed by atoms with Crippen molar-refractivity contribution >= 4 is 5.91 Å². The van der Waals surface area contributed by atoms with Crippen LogP contribution in [0.3, 0.4) is 0 Å². The molecule has 1 aliphatic heterocycles. The van der Waals surface area contributed by atoms with E-state index in [0.717, 1.165) is 25.2 Å². The highest BCUT2D eigenvalue weighted by Gasteiger charge is 2.36. The summed E-state index contributed by atoms with van der Waals surface area (Å²) in [5, 5.41) is 9.44. The van der Waals surface area contributed by atoms with E-state index in [-0.39, 0.29) is 18.1 Å². The highest BCUT2D eigenvalue weighted by molar-refractivity contribution is 5.94. The maximum atomic E-state index is 12.6. The molecule has 21 heavy (non-hydrogen) atoms. The number of carbonyl (C=O) groups excluding carboxylic acids is 1. The van der Waals surface area contributed by atoms with Crippen LogP contribution in [0.5, 0.6) is 0 Å². The number of carbonyl (C=O) groups is 1. The fourth-order valence-corrected chi connectivity index (χ4v) is 3.30. The Bertz CT molecular complexity index is 481. The first-order valence-corrected chi connectivity index (χ1v) is 7.88. The largest absolute Gasteiger partial charge is 0.390 e. The summed E-state index contributed by atoms with van der Waals surface area (Å²) in [6, 6.07) is 9.77. The van der Waals surface area contributed by atoms with Crippen LogP contribution >= 0.6 is 0 Å². The minimum Gasteiger partial charge on any atom is -0.390 e. The number of rotatable bonds is 5. The van der Waals surface area contributed by atoms with Crippen molar-refractivity contribution < 1.29 is 9.90 Å². The smallest absolute Gasteiger partial charge is 0.253 e. The monoisotopic (exact) mass is 288 g/mol. The van der Waals surface area contributed by atoms with E-state index in [9.17, 15) is 9.90 Å². The summed E-state index contributed by atoms with van der Waals surface area (Å²) in [5.74, 6) is 0.717. The van der Waals surface area contributed by atoms with Crippen LogP contribution in [0.4, 0.5) is 0 Å². The Kier molecular flexibility index (Phi) is 4.27. The molecule has 0 radical (unpaired) electrons. The molecule has 1 aliphatic carbocycles. The third-order valence-corrected chi connectivity index (χ3v) is 4.92. The lowest BCUT2D eigenvalue weighted by atomic mass is 9.78. The van der Waals surface area contributed by atoms with Gasteiger partial charge in [0.15, 0.2) is 0 Å². The predicted molar refractivity (Wildman–Crippen MR) is 82.1 cm³/mol. The van der Waals surface area contributed by atoms with Gasteiger partial charge in [0, 0.05) is 38.3 Å². The second kappa shape index (κ2) is 6.16. The Balaban J connectivity index is 1.68. The molecule has 1 saturated carbocycles. The van der Waals surface area contributed by atoms with Gasteiger partial charge in [0.05, 0.1) is 6.10 Å². The van der Waals surface area contributed by atoms with Gasteiger partial charge in [0.25, 0.3) is 5.91 Å². The van der Waals surface area contributed by atoms with Crippen LogP contribution in [-0.4, -0.2) is 59.6 Å². The normalized spacial score (nSPS) is 21.4. The van der Waals surface area contributed by atoms with E-state index in [0.29, 0.717) is 5.92 Å². The van der Waals surface area contributed by atoms with Crippen molar-refractivity contribution in [1.82, 2.24) is 9.80 Å². The number of benzene rings is 1. The SMILES string of the molecule is CN(C(=O)c1ccccc1)[C@H](CN1CC(O)C1)C1CCC1. The molecular formula is C17H24N2O2. The molecule has 1 aromatic carbocycles. The van der Waals surface area contributed by atoms with Gasteiger partial charge in [-0.15, -0.1) is 0 Å². The molecule has 4 heteroatoms. The van der Waals surface area contributed by atoms with Crippen molar-refractivity contribution in [2.75, 3.05) is 26.7 Å². The molecule has 1 heterocycles. The molecular weight excluding hydrogens is 264 g/mol. The van der Waals surface area contributed by atoms with Crippen LogP contribution in [0.1, 0.15) is 29.6 Å². The van der Waals surface area contributed by atoms with Crippen LogP contribution < -0.4 is 0 Å². The van der Waals surface area contributed by atoms with E-state index in [2.05, 4.69) is 4.90 Å². The molecule has 4 nitrogen and oxygen atoms in total. The zero-order valence-electron chi connectivity index (χ0n) is 12.6. The molecule has 1 amide bonds. The second-order valence-corrected chi connectivity index (χ2v) is 6.41. The van der Waals surface area contributed by atoms with Gasteiger partial charge < -0.3 is 10.0 Å². The topological polar surface area (TPSA) is 43.8 Å². The standard InChI is InChI=1S/C17H24N2O2/c1-18(17(21)14-6-3-2-4-7-14)16(13-8-5-9-13)12-19-10-15(20)11-19/h2-4,6-7,13,15-16,20H,5,8-12H2,1H3/t16-/m1/s1. The fourth-order valence-electron chi connectivity index (χ4n) is 3.30. The molecule has 0 unspecified atom stereocenters. The lowest BCUT2D eigenvalue weighted by Gasteiger charge is -2.45. The van der Waals surface area contributed by atoms with Crippen molar-refractivity contribution in [3.63, 3.8) is 0 Å². The van der Waals surface area contributed by atoms with Crippen LogP contribution in [0.2, 0.25) is 0 Å². The molecule has 0 aromatic heterocycles. The summed E-state index contributed by atoms with van der Waals surface area (Å²) >= 11 is 0. The lowest BCUT2D eigenvalue weighted by Crippen LogP contribution is -2.58. The number of aliphatic hydroxyl groups excluding tert-OH is 1. The van der Waals surface area contributed by atoms with E-state index in [1.165, 1.54) is 19.3 Å². The zero-order valence-corrected chi connectivity index (χ0v) is 12.6. The number of hydrogen-bond donors (Lipinski definition) is 1. The van der Waals surface area contributed by atoms with Gasteiger partial charge >= 0.3 is 0 Å². The Hall–Kier alpha value is -1.39. The molecule has 2 fully saturated rings. The molecule has 1 aromatic rings. The Labute approximate surface area is 126 Å². The molecule has 1 atom stereocenters. The van der Waals surface area contributed by atoms with Crippen LogP contribution in [0, 0.1) is 5.92 Å². The van der Waals surface area contributed by atoms with Crippen molar-refractivity contribution in [2.45, 2.75) is 31.4 Å². The molecule has 2 aliphatic rings. The van der Waals surface area contributed by atoms with Gasteiger partial charge in [-0.3, -0.25) is 9.69 Å². The number of hydrogen-bond acceptors (Lipinski definition) is 3. The number of amides is 1. The summed E-state index contributed by atoms with van der Waals surface area (Å²) in [4.78, 5) is 16.8. The Morgan fingerprint density at radius 2 is 2.00 bits per heavy atom. The number of β-amino-alcohol motifs (C(OH)–C–C–N with tert-alkyl or cyclic N) is 1. The Morgan fingerprint density at radius 3 is 2.52 bits per heavy atom. The van der Waals surface area contributed by atoms with Gasteiger partial charge in [-0.2, -0.15) is 0 Å². The number of likely N-dealkylation sites (N-methyl/N-ethyl adjacent to an activating group) is 1. The van der Waals surface area contributed by atoms with Gasteiger partial charge in [0.1, 0.15) is 0 Å². The van der Waals surface area contributed by atoms with Crippen LogP contribution in [0.15, 0.2) is 30.3 Å². The van der Waals surface area contributed by atoms with E-state index in [1.54, 1.807) is 0 Å². The van der Waals surface area contributed by atoms with Crippen molar-refractivity contribution in [3.8, 4) is 0 Å². The summed E-state index contributed by atoms with van der Waals surface area (Å²) < 4.78 is 0. The molecule has 1 N–H and O–H groups in total. The van der Waals surface area contributed by atoms with Crippen molar-refractivity contribution in [3.05, 3.63) is 35.9 Å². The summed E-state index contributed by atoms with van der Waals surface area (Å²) in [5.41, 5.74) is 0.757. The van der Waals surface area contributed by atoms with E-state index in [1.807, 2.05) is 42.3 Å². The maximum Gasteiger partial charge on any atom is 0.253 e. The molecule has 0 bridgehead atoms. The zero-order chi connectivity index (χ0) is 14.8. The summed E-state index contributed by atoms with van der Waals surface area (Å²) in [6.45, 7) is 2.38. The van der Waals surface area contributed by atoms with E-state index < -0.39 is 0 Å². The first-order valence-electron chi connectivity index (χ1n) is 7.88. The predicted octanol–water partition coefficient (Wildman–Crippen LogP) is 1.60. The average Bonchev–Trinajstić information content (AvgIpc) is 2.42. The highest BCUT2D eigenvalue weighted by Crippen LogP contribution is 2.33. The number of likely N-dealkylation sites (tertiary alicyclic amines) is 1. The van der Waals surface area contributed by atoms with Crippen molar-refractivity contribution in [1.29, 1.82) is 0 Å². The van der Waals surface area contributed by atoms with E-state index in [4.69, 9.17) is 0 Å². The third-order valence-electron chi connectivity index (χ3n) is 4.92. The van der Waals surface area contributed by atoms with Gasteiger partial charge in [0.2, 0.25) is 0 Å². The summed E-state index contributed by atoms with van der Waals surface area (Å²) in [6.07, 6.45) is 3.53. The average molecular weight is 288 g/mol. The van der Waals surface area contributed by atoms with Gasteiger partial charge in [-0.05, 0) is 30.9 Å². The second-order valence-electron chi connectivity index (χ2n) is 6.41. The number of nitrogens with zero attached hydrogens (tertiary/aromatic N) is 2. The molecule has 114 valence electrons. The fraction of sp³-hybridized carbons (Fsp3) is 0.588. The highest BCUT2D eigenvalue weighted by atomic mass is 16.3. The first-order chi connectivity index (χ1) is 10.1. The third kappa shape index (κ3) is 3.11. The minimum atomic E-state index is -0.179. The molecule has 0 spiro atoms. The number of aliphatic hydroxyl groups is 1. The molecule has 1 saturated heterocycles. The Morgan fingerprint density at radius 1 is 1.33 bits per heavy atom. The van der Waals surface area contributed by atoms with Crippen LogP contribution in [0.25, 0.3) is 0 Å². The lowest BCUT2D eigenvalue weighted by molar-refractivity contribution is -0.0223. The first kappa shape index (κ1) is 14.5. The molecule has 3 rings (SSSR count). The van der Waals surface area contributed by atoms with E-state index >= 15 is 0 Å². The quantitative estimate of drug-likeness (QED) is 0.895. The van der Waals surface area contributed by atoms with Gasteiger partial charge in [-0.1, -0.05) is 24.6 Å². The summed E-state index contributed by atoms with van der Waals surface area (Å²) in [7, 11) is 1.93. The van der Waals surface area contributed by atoms with Crippen LogP contribution in [-0.2, 0) is 0 Å². The minimum absolute atomic E-state index is 0.105. The van der Waals surface area contributed by atoms with Gasteiger partial charge in [-0.25, -0.2) is 0 Å².